The molecule has 1 fully saturated rings. The predicted molar refractivity (Wildman–Crippen MR) is 78.9 cm³/mol. The third-order valence-corrected chi connectivity index (χ3v) is 3.28. The minimum atomic E-state index is -0.557. The van der Waals surface area contributed by atoms with Gasteiger partial charge in [-0.2, -0.15) is 0 Å². The van der Waals surface area contributed by atoms with Crippen molar-refractivity contribution in [2.24, 2.45) is 0 Å². The van der Waals surface area contributed by atoms with Crippen LogP contribution in [-0.2, 0) is 16.1 Å². The molecule has 23 heavy (non-hydrogen) atoms. The Labute approximate surface area is 131 Å². The van der Waals surface area contributed by atoms with Gasteiger partial charge in [-0.05, 0) is 12.1 Å². The van der Waals surface area contributed by atoms with E-state index < -0.39 is 17.8 Å². The summed E-state index contributed by atoms with van der Waals surface area (Å²) in [5, 5.41) is 4.95. The lowest BCUT2D eigenvalue weighted by Gasteiger charge is -2.11. The minimum Gasteiger partial charge on any atom is -0.444 e. The SMILES string of the molecule is O=C(CN1C(=O)CNC1=O)NCc1coc(-c2ccccc2)n1. The summed E-state index contributed by atoms with van der Waals surface area (Å²) in [6, 6.07) is 8.82. The number of imide groups is 1. The van der Waals surface area contributed by atoms with Gasteiger partial charge in [-0.3, -0.25) is 14.5 Å². The van der Waals surface area contributed by atoms with Crippen LogP contribution in [0.3, 0.4) is 0 Å². The van der Waals surface area contributed by atoms with Crippen molar-refractivity contribution in [2.75, 3.05) is 13.1 Å². The Kier molecular flexibility index (Phi) is 4.05. The maximum atomic E-state index is 11.8. The smallest absolute Gasteiger partial charge is 0.325 e. The molecule has 8 nitrogen and oxygen atoms in total. The van der Waals surface area contributed by atoms with Crippen LogP contribution in [0.15, 0.2) is 41.0 Å². The highest BCUT2D eigenvalue weighted by Crippen LogP contribution is 2.17. The molecule has 0 unspecified atom stereocenters. The number of amides is 4. The number of nitrogens with zero attached hydrogens (tertiary/aromatic N) is 2. The van der Waals surface area contributed by atoms with Crippen LogP contribution in [0.2, 0.25) is 0 Å². The summed E-state index contributed by atoms with van der Waals surface area (Å²) >= 11 is 0. The Morgan fingerprint density at radius 3 is 2.78 bits per heavy atom. The van der Waals surface area contributed by atoms with Crippen molar-refractivity contribution in [2.45, 2.75) is 6.54 Å². The zero-order chi connectivity index (χ0) is 16.2. The lowest BCUT2D eigenvalue weighted by atomic mass is 10.2. The monoisotopic (exact) mass is 314 g/mol. The van der Waals surface area contributed by atoms with Crippen LogP contribution in [0.5, 0.6) is 0 Å². The van der Waals surface area contributed by atoms with Crippen LogP contribution in [0, 0.1) is 0 Å². The molecule has 118 valence electrons. The molecule has 1 aliphatic rings. The number of aromatic nitrogens is 1. The fraction of sp³-hybridized carbons (Fsp3) is 0.200. The maximum absolute atomic E-state index is 11.8. The lowest BCUT2D eigenvalue weighted by molar-refractivity contribution is -0.130. The third-order valence-electron chi connectivity index (χ3n) is 3.28. The van der Waals surface area contributed by atoms with Gasteiger partial charge in [-0.1, -0.05) is 18.2 Å². The topological polar surface area (TPSA) is 105 Å². The second-order valence-electron chi connectivity index (χ2n) is 4.93. The molecular weight excluding hydrogens is 300 g/mol. The van der Waals surface area contributed by atoms with Gasteiger partial charge in [0.2, 0.25) is 11.8 Å². The molecule has 0 spiro atoms. The zero-order valence-electron chi connectivity index (χ0n) is 12.1. The number of nitrogens with one attached hydrogen (secondary N) is 2. The summed E-state index contributed by atoms with van der Waals surface area (Å²) in [4.78, 5) is 39.7. The van der Waals surface area contributed by atoms with Crippen molar-refractivity contribution in [3.63, 3.8) is 0 Å². The van der Waals surface area contributed by atoms with Crippen molar-refractivity contribution < 1.29 is 18.8 Å². The van der Waals surface area contributed by atoms with E-state index in [2.05, 4.69) is 15.6 Å². The number of oxazole rings is 1. The first kappa shape index (κ1) is 14.8. The molecule has 0 saturated carbocycles. The van der Waals surface area contributed by atoms with Gasteiger partial charge in [-0.25, -0.2) is 9.78 Å². The molecular formula is C15H14N4O4. The molecule has 0 bridgehead atoms. The third kappa shape index (κ3) is 3.37. The molecule has 2 N–H and O–H groups in total. The Bertz CT molecular complexity index is 725. The number of hydrogen-bond donors (Lipinski definition) is 2. The van der Waals surface area contributed by atoms with E-state index in [1.165, 1.54) is 6.26 Å². The standard InChI is InChI=1S/C15H14N4O4/c20-12(8-19-13(21)7-17-15(19)22)16-6-11-9-23-14(18-11)10-4-2-1-3-5-10/h1-5,9H,6-8H2,(H,16,20)(H,17,22). The van der Waals surface area contributed by atoms with Gasteiger partial charge in [0.15, 0.2) is 0 Å². The fourth-order valence-corrected chi connectivity index (χ4v) is 2.11. The summed E-state index contributed by atoms with van der Waals surface area (Å²) in [6.45, 7) is -0.233. The van der Waals surface area contributed by atoms with Crippen LogP contribution in [0.1, 0.15) is 5.69 Å². The highest BCUT2D eigenvalue weighted by molar-refractivity contribution is 6.04. The van der Waals surface area contributed by atoms with Gasteiger partial charge in [0.05, 0.1) is 18.8 Å². The summed E-state index contributed by atoms with van der Waals surface area (Å²) in [5.41, 5.74) is 1.39. The Morgan fingerprint density at radius 1 is 1.30 bits per heavy atom. The van der Waals surface area contributed by atoms with E-state index in [4.69, 9.17) is 4.42 Å². The number of carbonyl (C=O) groups excluding carboxylic acids is 3. The molecule has 8 heteroatoms. The van der Waals surface area contributed by atoms with Crippen LogP contribution in [0.25, 0.3) is 11.5 Å². The van der Waals surface area contributed by atoms with Crippen LogP contribution >= 0.6 is 0 Å². The van der Waals surface area contributed by atoms with Crippen molar-refractivity contribution >= 4 is 17.8 Å². The Morgan fingerprint density at radius 2 is 2.09 bits per heavy atom. The van der Waals surface area contributed by atoms with Gasteiger partial charge in [-0.15, -0.1) is 0 Å². The van der Waals surface area contributed by atoms with Crippen LogP contribution < -0.4 is 10.6 Å². The molecule has 2 aromatic rings. The number of carbonyl (C=O) groups is 3. The lowest BCUT2D eigenvalue weighted by Crippen LogP contribution is -2.40. The normalized spacial score (nSPS) is 14.0. The molecule has 0 radical (unpaired) electrons. The van der Waals surface area contributed by atoms with Gasteiger partial charge < -0.3 is 15.1 Å². The largest absolute Gasteiger partial charge is 0.444 e. The quantitative estimate of drug-likeness (QED) is 0.782. The number of hydrogen-bond acceptors (Lipinski definition) is 5. The first-order chi connectivity index (χ1) is 11.1. The van der Waals surface area contributed by atoms with Gasteiger partial charge in [0.25, 0.3) is 5.91 Å². The molecule has 4 amide bonds. The zero-order valence-corrected chi connectivity index (χ0v) is 12.1. The highest BCUT2D eigenvalue weighted by Gasteiger charge is 2.30. The molecule has 1 saturated heterocycles. The second kappa shape index (κ2) is 6.30. The van der Waals surface area contributed by atoms with Crippen molar-refractivity contribution in [1.82, 2.24) is 20.5 Å². The Balaban J connectivity index is 1.54. The summed E-state index contributed by atoms with van der Waals surface area (Å²) in [5.74, 6) is -0.401. The molecule has 0 atom stereocenters. The summed E-state index contributed by atoms with van der Waals surface area (Å²) in [7, 11) is 0. The molecule has 3 rings (SSSR count). The fourth-order valence-electron chi connectivity index (χ4n) is 2.11. The second-order valence-corrected chi connectivity index (χ2v) is 4.93. The highest BCUT2D eigenvalue weighted by atomic mass is 16.3. The first-order valence-electron chi connectivity index (χ1n) is 6.98. The van der Waals surface area contributed by atoms with Gasteiger partial charge in [0, 0.05) is 5.56 Å². The first-order valence-corrected chi connectivity index (χ1v) is 6.98. The van der Waals surface area contributed by atoms with E-state index in [-0.39, 0.29) is 19.6 Å². The van der Waals surface area contributed by atoms with E-state index >= 15 is 0 Å². The molecule has 2 heterocycles. The molecule has 1 aromatic heterocycles. The Hall–Kier alpha value is -3.16. The molecule has 0 aliphatic carbocycles. The van der Waals surface area contributed by atoms with Crippen molar-refractivity contribution in [3.8, 4) is 11.5 Å². The van der Waals surface area contributed by atoms with E-state index in [1.807, 2.05) is 30.3 Å². The van der Waals surface area contributed by atoms with E-state index in [1.54, 1.807) is 0 Å². The maximum Gasteiger partial charge on any atom is 0.325 e. The van der Waals surface area contributed by atoms with Crippen LogP contribution in [0.4, 0.5) is 4.79 Å². The van der Waals surface area contributed by atoms with E-state index in [0.29, 0.717) is 11.6 Å². The van der Waals surface area contributed by atoms with Crippen molar-refractivity contribution in [3.05, 3.63) is 42.3 Å². The average molecular weight is 314 g/mol. The van der Waals surface area contributed by atoms with Gasteiger partial charge >= 0.3 is 6.03 Å². The molecule has 1 aliphatic heterocycles. The van der Waals surface area contributed by atoms with E-state index in [9.17, 15) is 14.4 Å². The summed E-state index contributed by atoms with van der Waals surface area (Å²) in [6.07, 6.45) is 1.45. The van der Waals surface area contributed by atoms with Crippen molar-refractivity contribution in [1.29, 1.82) is 0 Å². The molecule has 1 aromatic carbocycles. The minimum absolute atomic E-state index is 0.0736. The number of urea groups is 1. The number of benzene rings is 1. The average Bonchev–Trinajstić information content (AvgIpc) is 3.16. The number of rotatable bonds is 5. The van der Waals surface area contributed by atoms with Crippen LogP contribution in [-0.4, -0.2) is 40.8 Å². The van der Waals surface area contributed by atoms with Gasteiger partial charge in [0.1, 0.15) is 12.8 Å². The predicted octanol–water partition coefficient (Wildman–Crippen LogP) is 0.510. The summed E-state index contributed by atoms with van der Waals surface area (Å²) < 4.78 is 5.36. The van der Waals surface area contributed by atoms with E-state index in [0.717, 1.165) is 10.5 Å².